The number of nitrogens with zero attached hydrogens (tertiary/aromatic N) is 4. The molecule has 2 heterocycles. The van der Waals surface area contributed by atoms with Crippen LogP contribution in [0.3, 0.4) is 0 Å². The first-order valence-corrected chi connectivity index (χ1v) is 11.0. The van der Waals surface area contributed by atoms with Crippen LogP contribution >= 0.6 is 11.6 Å². The van der Waals surface area contributed by atoms with Crippen LogP contribution in [-0.2, 0) is 0 Å². The van der Waals surface area contributed by atoms with Gasteiger partial charge in [-0.2, -0.15) is 0 Å². The highest BCUT2D eigenvalue weighted by Crippen LogP contribution is 2.41. The maximum absolute atomic E-state index is 13.6. The van der Waals surface area contributed by atoms with Gasteiger partial charge < -0.3 is 24.0 Å². The van der Waals surface area contributed by atoms with Crippen molar-refractivity contribution in [1.29, 1.82) is 0 Å². The van der Waals surface area contributed by atoms with Crippen LogP contribution in [0.4, 0.5) is 10.3 Å². The van der Waals surface area contributed by atoms with Gasteiger partial charge >= 0.3 is 0 Å². The fraction of sp³-hybridized carbons (Fsp3) is 0.292. The lowest BCUT2D eigenvalue weighted by Gasteiger charge is -2.35. The molecule has 0 radical (unpaired) electrons. The quantitative estimate of drug-likeness (QED) is 0.522. The first kappa shape index (κ1) is 23.6. The summed E-state index contributed by atoms with van der Waals surface area (Å²) in [6.45, 7) is 1.92. The molecule has 1 aromatic heterocycles. The third kappa shape index (κ3) is 4.70. The summed E-state index contributed by atoms with van der Waals surface area (Å²) in [5.74, 6) is 1.31. The van der Waals surface area contributed by atoms with Gasteiger partial charge in [-0.15, -0.1) is 0 Å². The molecule has 0 unspecified atom stereocenters. The summed E-state index contributed by atoms with van der Waals surface area (Å²) >= 11 is 6.10. The van der Waals surface area contributed by atoms with Crippen molar-refractivity contribution >= 4 is 23.5 Å². The number of rotatable bonds is 6. The Morgan fingerprint density at radius 2 is 1.65 bits per heavy atom. The van der Waals surface area contributed by atoms with Crippen LogP contribution in [0.25, 0.3) is 11.3 Å². The zero-order valence-electron chi connectivity index (χ0n) is 19.0. The van der Waals surface area contributed by atoms with E-state index < -0.39 is 5.82 Å². The lowest BCUT2D eigenvalue weighted by Crippen LogP contribution is -2.49. The van der Waals surface area contributed by atoms with Gasteiger partial charge in [0.15, 0.2) is 11.5 Å². The molecule has 0 spiro atoms. The molecule has 3 aromatic rings. The van der Waals surface area contributed by atoms with Gasteiger partial charge in [0, 0.05) is 37.9 Å². The van der Waals surface area contributed by atoms with Gasteiger partial charge in [-0.1, -0.05) is 11.6 Å². The van der Waals surface area contributed by atoms with E-state index in [1.165, 1.54) is 18.2 Å². The number of anilines is 1. The van der Waals surface area contributed by atoms with Crippen LogP contribution in [0.2, 0.25) is 5.02 Å². The Labute approximate surface area is 201 Å². The summed E-state index contributed by atoms with van der Waals surface area (Å²) in [6.07, 6.45) is 1.69. The second-order valence-electron chi connectivity index (χ2n) is 7.56. The van der Waals surface area contributed by atoms with E-state index in [-0.39, 0.29) is 16.5 Å². The second-order valence-corrected chi connectivity index (χ2v) is 7.97. The number of halogens is 2. The average molecular weight is 487 g/mol. The van der Waals surface area contributed by atoms with Crippen LogP contribution in [-0.4, -0.2) is 68.3 Å². The predicted octanol–water partition coefficient (Wildman–Crippen LogP) is 3.92. The Kier molecular flexibility index (Phi) is 7.02. The maximum atomic E-state index is 13.6. The van der Waals surface area contributed by atoms with E-state index in [0.29, 0.717) is 55.1 Å². The number of hydrogen-bond acceptors (Lipinski definition) is 7. The summed E-state index contributed by atoms with van der Waals surface area (Å²) in [5.41, 5.74) is 1.64. The molecular formula is C24H24ClFN4O4. The first-order chi connectivity index (χ1) is 16.4. The number of methoxy groups -OCH3 is 3. The fourth-order valence-corrected chi connectivity index (χ4v) is 4.03. The zero-order valence-corrected chi connectivity index (χ0v) is 19.8. The molecule has 178 valence electrons. The number of carbonyl (C=O) groups excluding carboxylic acids is 1. The van der Waals surface area contributed by atoms with Crippen molar-refractivity contribution in [2.45, 2.75) is 0 Å². The number of piperazine rings is 1. The molecule has 1 aliphatic rings. The van der Waals surface area contributed by atoms with Crippen molar-refractivity contribution < 1.29 is 23.4 Å². The van der Waals surface area contributed by atoms with E-state index in [2.05, 4.69) is 4.98 Å². The number of amides is 1. The summed E-state index contributed by atoms with van der Waals surface area (Å²) < 4.78 is 29.9. The molecule has 8 nitrogen and oxygen atoms in total. The van der Waals surface area contributed by atoms with Gasteiger partial charge in [0.2, 0.25) is 11.7 Å². The SMILES string of the molecule is COc1cc(-c2ccnc(N3CCN(C(=O)c4cc(F)ccc4Cl)CC3)n2)cc(OC)c1OC. The maximum Gasteiger partial charge on any atom is 0.255 e. The summed E-state index contributed by atoms with van der Waals surface area (Å²) in [4.78, 5) is 25.6. The molecule has 2 aromatic carbocycles. The molecule has 0 bridgehead atoms. The second kappa shape index (κ2) is 10.1. The number of ether oxygens (including phenoxy) is 3. The Balaban J connectivity index is 1.52. The minimum absolute atomic E-state index is 0.163. The van der Waals surface area contributed by atoms with E-state index in [1.54, 1.807) is 38.5 Å². The highest BCUT2D eigenvalue weighted by Gasteiger charge is 2.25. The van der Waals surface area contributed by atoms with Gasteiger partial charge in [-0.3, -0.25) is 4.79 Å². The zero-order chi connectivity index (χ0) is 24.2. The molecule has 1 aliphatic heterocycles. The molecule has 1 saturated heterocycles. The standard InChI is InChI=1S/C24H24ClFN4O4/c1-32-20-12-15(13-21(33-2)22(20)34-3)19-6-7-27-24(28-19)30-10-8-29(9-11-30)23(31)17-14-16(26)4-5-18(17)25/h4-7,12-14H,8-11H2,1-3H3. The van der Waals surface area contributed by atoms with E-state index >= 15 is 0 Å². The third-order valence-electron chi connectivity index (χ3n) is 5.61. The van der Waals surface area contributed by atoms with E-state index in [9.17, 15) is 9.18 Å². The van der Waals surface area contributed by atoms with Crippen molar-refractivity contribution in [1.82, 2.24) is 14.9 Å². The molecule has 0 aliphatic carbocycles. The third-order valence-corrected chi connectivity index (χ3v) is 5.94. The minimum atomic E-state index is -0.497. The van der Waals surface area contributed by atoms with Crippen molar-refractivity contribution in [3.8, 4) is 28.5 Å². The smallest absolute Gasteiger partial charge is 0.255 e. The van der Waals surface area contributed by atoms with Crippen LogP contribution in [0, 0.1) is 5.82 Å². The summed E-state index contributed by atoms with van der Waals surface area (Å²) in [6, 6.07) is 9.24. The highest BCUT2D eigenvalue weighted by molar-refractivity contribution is 6.33. The average Bonchev–Trinajstić information content (AvgIpc) is 2.88. The van der Waals surface area contributed by atoms with Crippen molar-refractivity contribution in [3.63, 3.8) is 0 Å². The summed E-state index contributed by atoms with van der Waals surface area (Å²) in [7, 11) is 4.67. The first-order valence-electron chi connectivity index (χ1n) is 10.6. The fourth-order valence-electron chi connectivity index (χ4n) is 3.83. The minimum Gasteiger partial charge on any atom is -0.493 e. The van der Waals surface area contributed by atoms with Gasteiger partial charge in [0.05, 0.1) is 37.6 Å². The van der Waals surface area contributed by atoms with Crippen molar-refractivity contribution in [2.24, 2.45) is 0 Å². The van der Waals surface area contributed by atoms with Crippen LogP contribution in [0.1, 0.15) is 10.4 Å². The predicted molar refractivity (Wildman–Crippen MR) is 127 cm³/mol. The molecule has 1 fully saturated rings. The largest absolute Gasteiger partial charge is 0.493 e. The van der Waals surface area contributed by atoms with Crippen molar-refractivity contribution in [3.05, 3.63) is 59.0 Å². The molecule has 34 heavy (non-hydrogen) atoms. The van der Waals surface area contributed by atoms with Gasteiger partial charge in [-0.05, 0) is 36.4 Å². The van der Waals surface area contributed by atoms with Gasteiger partial charge in [0.1, 0.15) is 5.82 Å². The van der Waals surface area contributed by atoms with Crippen LogP contribution in [0.5, 0.6) is 17.2 Å². The normalized spacial score (nSPS) is 13.6. The molecular weight excluding hydrogens is 463 g/mol. The van der Waals surface area contributed by atoms with Crippen molar-refractivity contribution in [2.75, 3.05) is 52.4 Å². The molecule has 0 N–H and O–H groups in total. The Morgan fingerprint density at radius 3 is 2.26 bits per heavy atom. The van der Waals surface area contributed by atoms with Gasteiger partial charge in [-0.25, -0.2) is 14.4 Å². The number of benzene rings is 2. The number of hydrogen-bond donors (Lipinski definition) is 0. The summed E-state index contributed by atoms with van der Waals surface area (Å²) in [5, 5.41) is 0.232. The monoisotopic (exact) mass is 486 g/mol. The van der Waals surface area contributed by atoms with Crippen LogP contribution < -0.4 is 19.1 Å². The van der Waals surface area contributed by atoms with E-state index in [4.69, 9.17) is 30.8 Å². The topological polar surface area (TPSA) is 77.0 Å². The lowest BCUT2D eigenvalue weighted by atomic mass is 10.1. The molecule has 0 saturated carbocycles. The number of carbonyl (C=O) groups is 1. The molecule has 0 atom stereocenters. The molecule has 1 amide bonds. The Hall–Kier alpha value is -3.59. The highest BCUT2D eigenvalue weighted by atomic mass is 35.5. The lowest BCUT2D eigenvalue weighted by molar-refractivity contribution is 0.0746. The molecule has 4 rings (SSSR count). The van der Waals surface area contributed by atoms with Gasteiger partial charge in [0.25, 0.3) is 5.91 Å². The van der Waals surface area contributed by atoms with E-state index in [1.807, 2.05) is 17.0 Å². The number of aromatic nitrogens is 2. The van der Waals surface area contributed by atoms with Crippen LogP contribution in [0.15, 0.2) is 42.6 Å². The Bertz CT molecular complexity index is 1180. The Morgan fingerprint density at radius 1 is 0.971 bits per heavy atom. The molecule has 10 heteroatoms. The van der Waals surface area contributed by atoms with E-state index in [0.717, 1.165) is 5.56 Å².